The molecule has 3 aromatic rings. The normalized spacial score (nSPS) is 10.8. The molecule has 0 aliphatic carbocycles. The van der Waals surface area contributed by atoms with E-state index < -0.39 is 0 Å². The van der Waals surface area contributed by atoms with Crippen LogP contribution in [0.4, 0.5) is 0 Å². The summed E-state index contributed by atoms with van der Waals surface area (Å²) in [4.78, 5) is 0. The molecule has 0 aliphatic heterocycles. The number of nitrogens with one attached hydrogen (secondary N) is 1. The molecule has 1 heterocycles. The molecule has 0 atom stereocenters. The van der Waals surface area contributed by atoms with E-state index in [-0.39, 0.29) is 0 Å². The minimum atomic E-state index is 0.525. The molecule has 0 radical (unpaired) electrons. The summed E-state index contributed by atoms with van der Waals surface area (Å²) in [5.41, 5.74) is 2.31. The number of thioether (sulfide) groups is 1. The van der Waals surface area contributed by atoms with E-state index in [1.165, 1.54) is 5.56 Å². The Kier molecular flexibility index (Phi) is 8.33. The van der Waals surface area contributed by atoms with E-state index in [0.29, 0.717) is 13.2 Å². The molecule has 0 spiro atoms. The monoisotopic (exact) mass is 413 g/mol. The number of hydrogen-bond acceptors (Lipinski definition) is 7. The van der Waals surface area contributed by atoms with Crippen molar-refractivity contribution in [3.8, 4) is 11.5 Å². The Balaban J connectivity index is 1.44. The van der Waals surface area contributed by atoms with Crippen LogP contribution in [0.2, 0.25) is 0 Å². The number of rotatable bonds is 12. The maximum Gasteiger partial charge on any atom is 0.209 e. The second-order valence-corrected chi connectivity index (χ2v) is 7.51. The summed E-state index contributed by atoms with van der Waals surface area (Å²) in [6.45, 7) is 4.82. The third-order valence-corrected chi connectivity index (χ3v) is 5.28. The Morgan fingerprint density at radius 3 is 2.66 bits per heavy atom. The molecule has 3 rings (SSSR count). The lowest BCUT2D eigenvalue weighted by Gasteiger charge is -2.14. The van der Waals surface area contributed by atoms with E-state index in [1.807, 2.05) is 38.2 Å². The van der Waals surface area contributed by atoms with Crippen LogP contribution >= 0.6 is 11.8 Å². The van der Waals surface area contributed by atoms with Gasteiger partial charge in [-0.3, -0.25) is 0 Å². The van der Waals surface area contributed by atoms with Crippen LogP contribution in [-0.4, -0.2) is 39.1 Å². The number of ether oxygens (including phenoxy) is 2. The zero-order valence-electron chi connectivity index (χ0n) is 16.9. The van der Waals surface area contributed by atoms with Crippen molar-refractivity contribution in [3.63, 3.8) is 0 Å². The highest BCUT2D eigenvalue weighted by Gasteiger charge is 2.07. The van der Waals surface area contributed by atoms with Crippen molar-refractivity contribution < 1.29 is 9.47 Å². The van der Waals surface area contributed by atoms with Gasteiger partial charge in [0, 0.05) is 19.3 Å². The highest BCUT2D eigenvalue weighted by atomic mass is 32.2. The molecule has 0 bridgehead atoms. The predicted molar refractivity (Wildman–Crippen MR) is 114 cm³/mol. The van der Waals surface area contributed by atoms with Gasteiger partial charge in [0.25, 0.3) is 0 Å². The fourth-order valence-electron chi connectivity index (χ4n) is 2.72. The van der Waals surface area contributed by atoms with E-state index in [1.54, 1.807) is 16.4 Å². The van der Waals surface area contributed by atoms with Crippen molar-refractivity contribution in [2.75, 3.05) is 18.9 Å². The molecule has 1 aromatic heterocycles. The predicted octanol–water partition coefficient (Wildman–Crippen LogP) is 3.46. The molecular formula is C21H27N5O2S. The smallest absolute Gasteiger partial charge is 0.209 e. The van der Waals surface area contributed by atoms with Gasteiger partial charge in [-0.25, -0.2) is 4.68 Å². The average Bonchev–Trinajstić information content (AvgIpc) is 3.15. The van der Waals surface area contributed by atoms with Crippen molar-refractivity contribution in [1.82, 2.24) is 25.5 Å². The van der Waals surface area contributed by atoms with Crippen molar-refractivity contribution >= 4 is 11.8 Å². The van der Waals surface area contributed by atoms with Crippen molar-refractivity contribution in [2.24, 2.45) is 7.05 Å². The van der Waals surface area contributed by atoms with Gasteiger partial charge in [0.2, 0.25) is 5.16 Å². The molecule has 8 heteroatoms. The molecule has 0 saturated carbocycles. The summed E-state index contributed by atoms with van der Waals surface area (Å²) in [6, 6.07) is 16.3. The maximum absolute atomic E-state index is 5.97. The molecule has 7 nitrogen and oxygen atoms in total. The molecule has 29 heavy (non-hydrogen) atoms. The van der Waals surface area contributed by atoms with Crippen LogP contribution in [0.25, 0.3) is 0 Å². The topological polar surface area (TPSA) is 74.1 Å². The minimum Gasteiger partial charge on any atom is -0.490 e. The number of hydrogen-bond donors (Lipinski definition) is 1. The number of tetrazole rings is 1. The molecule has 0 saturated heterocycles. The Labute approximate surface area is 175 Å². The molecule has 0 unspecified atom stereocenters. The fourth-order valence-corrected chi connectivity index (χ4v) is 3.51. The molecule has 1 N–H and O–H groups in total. The zero-order valence-corrected chi connectivity index (χ0v) is 17.7. The molecule has 0 aliphatic rings. The van der Waals surface area contributed by atoms with Gasteiger partial charge in [0.15, 0.2) is 11.5 Å². The average molecular weight is 414 g/mol. The first-order valence-corrected chi connectivity index (χ1v) is 10.7. The second kappa shape index (κ2) is 11.4. The lowest BCUT2D eigenvalue weighted by Crippen LogP contribution is -2.15. The van der Waals surface area contributed by atoms with Crippen molar-refractivity contribution in [1.29, 1.82) is 0 Å². The zero-order chi connectivity index (χ0) is 20.3. The number of aromatic nitrogens is 4. The third kappa shape index (κ3) is 6.76. The maximum atomic E-state index is 5.97. The number of benzene rings is 2. The third-order valence-electron chi connectivity index (χ3n) is 4.18. The first kappa shape index (κ1) is 21.1. The van der Waals surface area contributed by atoms with Crippen LogP contribution in [0.5, 0.6) is 11.5 Å². The van der Waals surface area contributed by atoms with Crippen LogP contribution in [-0.2, 0) is 20.2 Å². The lowest BCUT2D eigenvalue weighted by atomic mass is 10.2. The van der Waals surface area contributed by atoms with Gasteiger partial charge in [-0.2, -0.15) is 0 Å². The number of nitrogens with zero attached hydrogens (tertiary/aromatic N) is 4. The van der Waals surface area contributed by atoms with Gasteiger partial charge in [0.05, 0.1) is 6.61 Å². The summed E-state index contributed by atoms with van der Waals surface area (Å²) in [5.74, 6) is 2.53. The first-order valence-electron chi connectivity index (χ1n) is 9.74. The number of aryl methyl sites for hydroxylation is 1. The largest absolute Gasteiger partial charge is 0.490 e. The van der Waals surface area contributed by atoms with E-state index >= 15 is 0 Å². The van der Waals surface area contributed by atoms with Crippen LogP contribution in [0.3, 0.4) is 0 Å². The van der Waals surface area contributed by atoms with E-state index in [2.05, 4.69) is 45.1 Å². The lowest BCUT2D eigenvalue weighted by molar-refractivity contribution is 0.269. The summed E-state index contributed by atoms with van der Waals surface area (Å²) < 4.78 is 13.4. The van der Waals surface area contributed by atoms with Gasteiger partial charge in [-0.1, -0.05) is 48.2 Å². The molecule has 154 valence electrons. The second-order valence-electron chi connectivity index (χ2n) is 6.45. The summed E-state index contributed by atoms with van der Waals surface area (Å²) in [7, 11) is 1.85. The Hall–Kier alpha value is -2.58. The molecule has 2 aromatic carbocycles. The summed E-state index contributed by atoms with van der Waals surface area (Å²) >= 11 is 1.66. The minimum absolute atomic E-state index is 0.525. The molecule has 0 amide bonds. The SMILES string of the molecule is CCOc1cc(CNCCCSc2nnnn2C)ccc1OCc1ccccc1. The van der Waals surface area contributed by atoms with Crippen LogP contribution in [0.15, 0.2) is 53.7 Å². The van der Waals surface area contributed by atoms with Crippen LogP contribution in [0.1, 0.15) is 24.5 Å². The highest BCUT2D eigenvalue weighted by Crippen LogP contribution is 2.29. The van der Waals surface area contributed by atoms with Gasteiger partial charge in [-0.05, 0) is 53.6 Å². The van der Waals surface area contributed by atoms with Crippen LogP contribution in [0, 0.1) is 0 Å². The Morgan fingerprint density at radius 2 is 1.90 bits per heavy atom. The van der Waals surface area contributed by atoms with Crippen LogP contribution < -0.4 is 14.8 Å². The Morgan fingerprint density at radius 1 is 1.03 bits per heavy atom. The molecular weight excluding hydrogens is 386 g/mol. The van der Waals surface area contributed by atoms with E-state index in [0.717, 1.165) is 47.5 Å². The highest BCUT2D eigenvalue weighted by molar-refractivity contribution is 7.99. The summed E-state index contributed by atoms with van der Waals surface area (Å²) in [5, 5.41) is 15.8. The van der Waals surface area contributed by atoms with Crippen molar-refractivity contribution in [3.05, 3.63) is 59.7 Å². The van der Waals surface area contributed by atoms with Gasteiger partial charge >= 0.3 is 0 Å². The van der Waals surface area contributed by atoms with Gasteiger partial charge < -0.3 is 14.8 Å². The van der Waals surface area contributed by atoms with E-state index in [4.69, 9.17) is 9.47 Å². The quantitative estimate of drug-likeness (QED) is 0.360. The van der Waals surface area contributed by atoms with Gasteiger partial charge in [-0.15, -0.1) is 5.10 Å². The first-order chi connectivity index (χ1) is 14.3. The Bertz CT molecular complexity index is 873. The fraction of sp³-hybridized carbons (Fsp3) is 0.381. The molecule has 0 fully saturated rings. The standard InChI is InChI=1S/C21H27N5O2S/c1-3-27-20-14-18(10-11-19(20)28-16-17-8-5-4-6-9-17)15-22-12-7-13-29-21-23-24-25-26(21)2/h4-6,8-11,14,22H,3,7,12-13,15-16H2,1-2H3. The summed E-state index contributed by atoms with van der Waals surface area (Å²) in [6.07, 6.45) is 1.04. The van der Waals surface area contributed by atoms with Gasteiger partial charge in [0.1, 0.15) is 6.61 Å². The van der Waals surface area contributed by atoms with Crippen molar-refractivity contribution in [2.45, 2.75) is 31.7 Å². The van der Waals surface area contributed by atoms with E-state index in [9.17, 15) is 0 Å².